The molecule has 6 nitrogen and oxygen atoms in total. The molecule has 1 atom stereocenters. The third-order valence-electron chi connectivity index (χ3n) is 12.0. The molecule has 0 aromatic rings. The summed E-state index contributed by atoms with van der Waals surface area (Å²) < 4.78 is 16.8. The molecular weight excluding hydrogens is 997 g/mol. The molecule has 81 heavy (non-hydrogen) atoms. The maximum absolute atomic E-state index is 12.9. The van der Waals surface area contributed by atoms with Gasteiger partial charge in [-0.1, -0.05) is 252 Å². The van der Waals surface area contributed by atoms with E-state index < -0.39 is 6.10 Å². The van der Waals surface area contributed by atoms with Gasteiger partial charge >= 0.3 is 17.9 Å². The summed E-state index contributed by atoms with van der Waals surface area (Å²) in [5.74, 6) is -1.10. The van der Waals surface area contributed by atoms with Crippen LogP contribution in [0.3, 0.4) is 0 Å². The molecule has 0 saturated carbocycles. The highest BCUT2D eigenvalue weighted by molar-refractivity contribution is 5.71. The molecule has 0 rings (SSSR count). The van der Waals surface area contributed by atoms with E-state index in [0.717, 1.165) is 154 Å². The molecule has 446 valence electrons. The Kier molecular flexibility index (Phi) is 61.1. The van der Waals surface area contributed by atoms with Crippen LogP contribution in [0, 0.1) is 0 Å². The largest absolute Gasteiger partial charge is 0.462 e. The zero-order chi connectivity index (χ0) is 58.5. The maximum Gasteiger partial charge on any atom is 0.306 e. The summed E-state index contributed by atoms with van der Waals surface area (Å²) in [5, 5.41) is 0. The predicted octanol–water partition coefficient (Wildman–Crippen LogP) is 21.8. The van der Waals surface area contributed by atoms with Crippen molar-refractivity contribution in [1.82, 2.24) is 0 Å². The second-order valence-electron chi connectivity index (χ2n) is 19.5. The Balaban J connectivity index is 4.67. The summed E-state index contributed by atoms with van der Waals surface area (Å²) in [7, 11) is 0. The van der Waals surface area contributed by atoms with Gasteiger partial charge < -0.3 is 14.2 Å². The molecule has 0 aliphatic carbocycles. The number of esters is 3. The fourth-order valence-corrected chi connectivity index (χ4v) is 7.41. The molecule has 0 radical (unpaired) electrons. The number of unbranched alkanes of at least 4 members (excludes halogenated alkanes) is 6. The molecule has 0 aliphatic heterocycles. The lowest BCUT2D eigenvalue weighted by Crippen LogP contribution is -2.30. The Bertz CT molecular complexity index is 2050. The van der Waals surface area contributed by atoms with E-state index in [4.69, 9.17) is 14.2 Å². The molecule has 0 aromatic heterocycles. The van der Waals surface area contributed by atoms with Gasteiger partial charge in [0.1, 0.15) is 13.2 Å². The second-order valence-corrected chi connectivity index (χ2v) is 19.5. The summed E-state index contributed by atoms with van der Waals surface area (Å²) in [6.45, 7) is 6.15. The van der Waals surface area contributed by atoms with Crippen LogP contribution in [0.1, 0.15) is 213 Å². The summed E-state index contributed by atoms with van der Waals surface area (Å²) in [6.07, 6.45) is 104. The molecule has 0 amide bonds. The Morgan fingerprint density at radius 3 is 0.716 bits per heavy atom. The quantitative estimate of drug-likeness (QED) is 0.0261. The fourth-order valence-electron chi connectivity index (χ4n) is 7.41. The van der Waals surface area contributed by atoms with E-state index >= 15 is 0 Å². The normalized spacial score (nSPS) is 13.7. The summed E-state index contributed by atoms with van der Waals surface area (Å²) >= 11 is 0. The van der Waals surface area contributed by atoms with Crippen molar-refractivity contribution >= 4 is 17.9 Å². The molecule has 0 aromatic carbocycles. The number of carbonyl (C=O) groups is 3. The van der Waals surface area contributed by atoms with Crippen LogP contribution in [0.4, 0.5) is 0 Å². The zero-order valence-electron chi connectivity index (χ0n) is 50.9. The van der Waals surface area contributed by atoms with Crippen LogP contribution in [0.25, 0.3) is 0 Å². The SMILES string of the molecule is CC/C=C\C/C=C\C/C=C\C/C=C\C/C=C\C/C=C\C/C=C\CCCC(=O)OCC(COC(=O)CCC/C=C\C/C=C\C/C=C\C/C=C\C/C=C\CC)OC(=O)CCCCCC/C=C\C/C=C\C/C=C\C/C=C\C/C=C\C/C=C\CC. The minimum atomic E-state index is -0.856. The van der Waals surface area contributed by atoms with Crippen LogP contribution in [-0.4, -0.2) is 37.2 Å². The lowest BCUT2D eigenvalue weighted by atomic mass is 10.1. The second kappa shape index (κ2) is 66.2. The van der Waals surface area contributed by atoms with Gasteiger partial charge in [-0.05, 0) is 161 Å². The van der Waals surface area contributed by atoms with Crippen LogP contribution in [0.2, 0.25) is 0 Å². The zero-order valence-corrected chi connectivity index (χ0v) is 50.9. The summed E-state index contributed by atoms with van der Waals surface area (Å²) in [5.41, 5.74) is 0. The molecular formula is C75H110O6. The van der Waals surface area contributed by atoms with Gasteiger partial charge in [-0.15, -0.1) is 0 Å². The number of ether oxygens (including phenoxy) is 3. The van der Waals surface area contributed by atoms with E-state index in [-0.39, 0.29) is 50.4 Å². The number of rotatable bonds is 53. The van der Waals surface area contributed by atoms with Crippen molar-refractivity contribution in [3.05, 3.63) is 219 Å². The molecule has 6 heteroatoms. The first-order chi connectivity index (χ1) is 40.0. The van der Waals surface area contributed by atoms with E-state index in [1.54, 1.807) is 0 Å². The van der Waals surface area contributed by atoms with Gasteiger partial charge in [-0.25, -0.2) is 0 Å². The first kappa shape index (κ1) is 74.7. The van der Waals surface area contributed by atoms with Crippen molar-refractivity contribution in [2.45, 2.75) is 219 Å². The Morgan fingerprint density at radius 2 is 0.457 bits per heavy atom. The van der Waals surface area contributed by atoms with Gasteiger partial charge in [0.05, 0.1) is 0 Å². The molecule has 0 aliphatic rings. The average Bonchev–Trinajstić information content (AvgIpc) is 3.47. The molecule has 0 heterocycles. The standard InChI is InChI=1S/C75H110O6/c1-4-7-10-13-16-19-22-25-28-31-33-35-37-39-41-44-47-50-53-56-59-62-65-68-74(77)80-71-72(70-79-73(76)67-64-61-58-55-52-49-46-43-30-27-24-21-18-15-12-9-6-3)81-75(78)69-66-63-60-57-54-51-48-45-42-40-38-36-34-32-29-26-23-20-17-14-11-8-5-2/h7-12,16-21,25-30,33-36,39-42,46-51,55-56,58-59,72H,4-6,13-15,22-24,31-32,37-38,43-45,52-54,57,60-71H2,1-3H3/b10-7-,11-8-,12-9-,19-16-,20-17-,21-18-,28-25-,29-26-,30-27-,35-33-,36-34-,41-39-,42-40-,49-46-,50-47-,51-48-,58-55-,59-56-. The van der Waals surface area contributed by atoms with Crippen molar-refractivity contribution in [3.8, 4) is 0 Å². The molecule has 0 N–H and O–H groups in total. The van der Waals surface area contributed by atoms with E-state index in [1.807, 2.05) is 0 Å². The minimum Gasteiger partial charge on any atom is -0.462 e. The Morgan fingerprint density at radius 1 is 0.247 bits per heavy atom. The Labute approximate surface area is 495 Å². The van der Waals surface area contributed by atoms with E-state index in [2.05, 4.69) is 240 Å². The molecule has 0 saturated heterocycles. The molecule has 0 bridgehead atoms. The third-order valence-corrected chi connectivity index (χ3v) is 12.0. The first-order valence-electron chi connectivity index (χ1n) is 31.2. The van der Waals surface area contributed by atoms with Gasteiger partial charge in [-0.2, -0.15) is 0 Å². The lowest BCUT2D eigenvalue weighted by molar-refractivity contribution is -0.167. The highest BCUT2D eigenvalue weighted by Gasteiger charge is 2.19. The van der Waals surface area contributed by atoms with Gasteiger partial charge in [-0.3, -0.25) is 14.4 Å². The van der Waals surface area contributed by atoms with Gasteiger partial charge in [0.25, 0.3) is 0 Å². The van der Waals surface area contributed by atoms with Crippen molar-refractivity contribution < 1.29 is 28.6 Å². The molecule has 1 unspecified atom stereocenters. The first-order valence-corrected chi connectivity index (χ1v) is 31.2. The van der Waals surface area contributed by atoms with E-state index in [1.165, 1.54) is 0 Å². The van der Waals surface area contributed by atoms with Crippen LogP contribution in [0.15, 0.2) is 219 Å². The highest BCUT2D eigenvalue weighted by atomic mass is 16.6. The predicted molar refractivity (Wildman–Crippen MR) is 352 cm³/mol. The number of hydrogen-bond acceptors (Lipinski definition) is 6. The van der Waals surface area contributed by atoms with Gasteiger partial charge in [0, 0.05) is 19.3 Å². The Hall–Kier alpha value is -6.27. The van der Waals surface area contributed by atoms with Crippen molar-refractivity contribution in [3.63, 3.8) is 0 Å². The summed E-state index contributed by atoms with van der Waals surface area (Å²) in [4.78, 5) is 38.3. The lowest BCUT2D eigenvalue weighted by Gasteiger charge is -2.18. The van der Waals surface area contributed by atoms with Crippen LogP contribution < -0.4 is 0 Å². The van der Waals surface area contributed by atoms with E-state index in [0.29, 0.717) is 19.3 Å². The summed E-state index contributed by atoms with van der Waals surface area (Å²) in [6, 6.07) is 0. The van der Waals surface area contributed by atoms with E-state index in [9.17, 15) is 14.4 Å². The smallest absolute Gasteiger partial charge is 0.306 e. The van der Waals surface area contributed by atoms with Crippen LogP contribution in [0.5, 0.6) is 0 Å². The van der Waals surface area contributed by atoms with Gasteiger partial charge in [0.2, 0.25) is 0 Å². The molecule has 0 fully saturated rings. The minimum absolute atomic E-state index is 0.150. The van der Waals surface area contributed by atoms with Crippen molar-refractivity contribution in [2.75, 3.05) is 13.2 Å². The molecule has 0 spiro atoms. The number of allylic oxidation sites excluding steroid dienone is 36. The number of hydrogen-bond donors (Lipinski definition) is 0. The topological polar surface area (TPSA) is 78.9 Å². The van der Waals surface area contributed by atoms with Crippen molar-refractivity contribution in [2.24, 2.45) is 0 Å². The highest BCUT2D eigenvalue weighted by Crippen LogP contribution is 2.11. The van der Waals surface area contributed by atoms with Crippen molar-refractivity contribution in [1.29, 1.82) is 0 Å². The van der Waals surface area contributed by atoms with Gasteiger partial charge in [0.15, 0.2) is 6.10 Å². The average molecular weight is 1110 g/mol. The monoisotopic (exact) mass is 1110 g/mol. The van der Waals surface area contributed by atoms with Crippen LogP contribution >= 0.6 is 0 Å². The number of carbonyl (C=O) groups excluding carboxylic acids is 3. The fraction of sp³-hybridized carbons (Fsp3) is 0.480. The third kappa shape index (κ3) is 64.4. The maximum atomic E-state index is 12.9. The van der Waals surface area contributed by atoms with Crippen LogP contribution in [-0.2, 0) is 28.6 Å².